The fourth-order valence-electron chi connectivity index (χ4n) is 2.53. The third kappa shape index (κ3) is 15.8. The molecular weight excluding hydrogens is 276 g/mol. The van der Waals surface area contributed by atoms with Crippen molar-refractivity contribution in [3.8, 4) is 0 Å². The smallest absolute Gasteiger partial charge is 0.305 e. The molecule has 0 aromatic rings. The van der Waals surface area contributed by atoms with Gasteiger partial charge in [-0.3, -0.25) is 4.79 Å². The molecule has 0 aromatic carbocycles. The second-order valence-corrected chi connectivity index (χ2v) is 6.28. The maximum atomic E-state index is 11.6. The van der Waals surface area contributed by atoms with E-state index in [0.29, 0.717) is 19.6 Å². The highest BCUT2D eigenvalue weighted by Crippen LogP contribution is 2.10. The standard InChI is InChI=1S/C18H38N2O2/c1-2-3-4-5-6-7-8-9-14-18(21)22-16-11-13-17(20)12-10-15-19/h17H,2-16,19-20H2,1H3. The Morgan fingerprint density at radius 1 is 0.909 bits per heavy atom. The molecule has 0 aromatic heterocycles. The SMILES string of the molecule is CCCCCCCCCCC(=O)OCCCC(N)CCCN. The number of rotatable bonds is 16. The van der Waals surface area contributed by atoms with E-state index >= 15 is 0 Å². The van der Waals surface area contributed by atoms with Crippen molar-refractivity contribution in [2.24, 2.45) is 11.5 Å². The van der Waals surface area contributed by atoms with Crippen LogP contribution in [-0.4, -0.2) is 25.2 Å². The third-order valence-corrected chi connectivity index (χ3v) is 4.00. The van der Waals surface area contributed by atoms with E-state index in [0.717, 1.165) is 38.5 Å². The van der Waals surface area contributed by atoms with E-state index in [-0.39, 0.29) is 12.0 Å². The third-order valence-electron chi connectivity index (χ3n) is 4.00. The molecule has 132 valence electrons. The van der Waals surface area contributed by atoms with Crippen LogP contribution < -0.4 is 11.5 Å². The molecule has 0 bridgehead atoms. The van der Waals surface area contributed by atoms with Gasteiger partial charge in [0.05, 0.1) is 6.61 Å². The highest BCUT2D eigenvalue weighted by atomic mass is 16.5. The van der Waals surface area contributed by atoms with E-state index in [1.807, 2.05) is 0 Å². The van der Waals surface area contributed by atoms with Crippen LogP contribution in [0.1, 0.15) is 90.4 Å². The van der Waals surface area contributed by atoms with Crippen molar-refractivity contribution in [2.45, 2.75) is 96.4 Å². The highest BCUT2D eigenvalue weighted by molar-refractivity contribution is 5.69. The average molecular weight is 315 g/mol. The monoisotopic (exact) mass is 314 g/mol. The van der Waals surface area contributed by atoms with Crippen LogP contribution in [0.3, 0.4) is 0 Å². The number of hydrogen-bond donors (Lipinski definition) is 2. The molecule has 0 aliphatic heterocycles. The summed E-state index contributed by atoms with van der Waals surface area (Å²) in [6.07, 6.45) is 14.2. The van der Waals surface area contributed by atoms with Crippen molar-refractivity contribution in [3.05, 3.63) is 0 Å². The second kappa shape index (κ2) is 16.8. The van der Waals surface area contributed by atoms with Gasteiger partial charge in [-0.15, -0.1) is 0 Å². The molecule has 0 saturated heterocycles. The molecule has 0 rings (SSSR count). The fourth-order valence-corrected chi connectivity index (χ4v) is 2.53. The van der Waals surface area contributed by atoms with Gasteiger partial charge in [-0.25, -0.2) is 0 Å². The van der Waals surface area contributed by atoms with E-state index in [2.05, 4.69) is 6.92 Å². The summed E-state index contributed by atoms with van der Waals surface area (Å²) in [4.78, 5) is 11.6. The Morgan fingerprint density at radius 3 is 2.14 bits per heavy atom. The summed E-state index contributed by atoms with van der Waals surface area (Å²) in [6.45, 7) is 3.44. The molecular formula is C18H38N2O2. The van der Waals surface area contributed by atoms with Gasteiger partial charge in [0.2, 0.25) is 0 Å². The highest BCUT2D eigenvalue weighted by Gasteiger charge is 2.05. The van der Waals surface area contributed by atoms with Crippen LogP contribution in [0.15, 0.2) is 0 Å². The largest absolute Gasteiger partial charge is 0.466 e. The Morgan fingerprint density at radius 2 is 1.50 bits per heavy atom. The van der Waals surface area contributed by atoms with Crippen molar-refractivity contribution in [3.63, 3.8) is 0 Å². The number of unbranched alkanes of at least 4 members (excludes halogenated alkanes) is 7. The minimum absolute atomic E-state index is 0.0542. The minimum Gasteiger partial charge on any atom is -0.466 e. The summed E-state index contributed by atoms with van der Waals surface area (Å²) in [7, 11) is 0. The first-order chi connectivity index (χ1) is 10.7. The molecule has 0 aliphatic rings. The summed E-state index contributed by atoms with van der Waals surface area (Å²) in [5, 5.41) is 0. The molecule has 22 heavy (non-hydrogen) atoms. The van der Waals surface area contributed by atoms with Crippen LogP contribution in [0.5, 0.6) is 0 Å². The molecule has 0 saturated carbocycles. The lowest BCUT2D eigenvalue weighted by atomic mass is 10.1. The molecule has 0 radical (unpaired) electrons. The number of esters is 1. The molecule has 4 nitrogen and oxygen atoms in total. The first-order valence-electron chi connectivity index (χ1n) is 9.32. The van der Waals surface area contributed by atoms with Crippen LogP contribution in [0.2, 0.25) is 0 Å². The van der Waals surface area contributed by atoms with E-state index in [4.69, 9.17) is 16.2 Å². The molecule has 1 atom stereocenters. The fraction of sp³-hybridized carbons (Fsp3) is 0.944. The molecule has 0 spiro atoms. The zero-order chi connectivity index (χ0) is 16.5. The van der Waals surface area contributed by atoms with Crippen molar-refractivity contribution >= 4 is 5.97 Å². The van der Waals surface area contributed by atoms with Gasteiger partial charge < -0.3 is 16.2 Å². The van der Waals surface area contributed by atoms with Crippen molar-refractivity contribution < 1.29 is 9.53 Å². The number of nitrogens with two attached hydrogens (primary N) is 2. The molecule has 4 N–H and O–H groups in total. The van der Waals surface area contributed by atoms with Gasteiger partial charge in [-0.05, 0) is 38.6 Å². The van der Waals surface area contributed by atoms with Gasteiger partial charge in [0.25, 0.3) is 0 Å². The van der Waals surface area contributed by atoms with E-state index in [1.165, 1.54) is 38.5 Å². The maximum Gasteiger partial charge on any atom is 0.305 e. The summed E-state index contributed by atoms with van der Waals surface area (Å²) >= 11 is 0. The Hall–Kier alpha value is -0.610. The Kier molecular flexibility index (Phi) is 16.3. The number of hydrogen-bond acceptors (Lipinski definition) is 4. The van der Waals surface area contributed by atoms with Gasteiger partial charge >= 0.3 is 5.97 Å². The molecule has 0 fully saturated rings. The number of ether oxygens (including phenoxy) is 1. The van der Waals surface area contributed by atoms with Crippen molar-refractivity contribution in [2.75, 3.05) is 13.2 Å². The Bertz CT molecular complexity index is 247. The van der Waals surface area contributed by atoms with Crippen LogP contribution in [-0.2, 0) is 9.53 Å². The molecule has 4 heteroatoms. The lowest BCUT2D eigenvalue weighted by Gasteiger charge is -2.10. The van der Waals surface area contributed by atoms with Gasteiger partial charge in [0, 0.05) is 12.5 Å². The predicted molar refractivity (Wildman–Crippen MR) is 93.7 cm³/mol. The lowest BCUT2D eigenvalue weighted by Crippen LogP contribution is -2.21. The zero-order valence-electron chi connectivity index (χ0n) is 14.7. The van der Waals surface area contributed by atoms with Crippen LogP contribution >= 0.6 is 0 Å². The van der Waals surface area contributed by atoms with E-state index in [1.54, 1.807) is 0 Å². The molecule has 0 aliphatic carbocycles. The van der Waals surface area contributed by atoms with Gasteiger partial charge in [-0.2, -0.15) is 0 Å². The normalized spacial score (nSPS) is 12.3. The van der Waals surface area contributed by atoms with Gasteiger partial charge in [0.15, 0.2) is 0 Å². The summed E-state index contributed by atoms with van der Waals surface area (Å²) in [5.74, 6) is -0.0542. The topological polar surface area (TPSA) is 78.3 Å². The van der Waals surface area contributed by atoms with Crippen molar-refractivity contribution in [1.82, 2.24) is 0 Å². The summed E-state index contributed by atoms with van der Waals surface area (Å²) < 4.78 is 5.24. The molecule has 0 amide bonds. The second-order valence-electron chi connectivity index (χ2n) is 6.28. The Balaban J connectivity index is 3.26. The molecule has 1 unspecified atom stereocenters. The van der Waals surface area contributed by atoms with Crippen LogP contribution in [0.25, 0.3) is 0 Å². The maximum absolute atomic E-state index is 11.6. The van der Waals surface area contributed by atoms with Gasteiger partial charge in [0.1, 0.15) is 0 Å². The summed E-state index contributed by atoms with van der Waals surface area (Å²) in [5.41, 5.74) is 11.4. The number of carbonyl (C=O) groups excluding carboxylic acids is 1. The average Bonchev–Trinajstić information content (AvgIpc) is 2.52. The molecule has 0 heterocycles. The first-order valence-corrected chi connectivity index (χ1v) is 9.32. The van der Waals surface area contributed by atoms with Crippen molar-refractivity contribution in [1.29, 1.82) is 0 Å². The number of carbonyl (C=O) groups is 1. The van der Waals surface area contributed by atoms with E-state index < -0.39 is 0 Å². The van der Waals surface area contributed by atoms with Gasteiger partial charge in [-0.1, -0.05) is 51.9 Å². The quantitative estimate of drug-likeness (QED) is 0.334. The first kappa shape index (κ1) is 21.4. The predicted octanol–water partition coefficient (Wildman–Crippen LogP) is 3.91. The minimum atomic E-state index is -0.0542. The summed E-state index contributed by atoms with van der Waals surface area (Å²) in [6, 6.07) is 0.190. The Labute approximate surface area is 137 Å². The zero-order valence-corrected chi connectivity index (χ0v) is 14.7. The lowest BCUT2D eigenvalue weighted by molar-refractivity contribution is -0.143. The van der Waals surface area contributed by atoms with Crippen LogP contribution in [0.4, 0.5) is 0 Å². The van der Waals surface area contributed by atoms with E-state index in [9.17, 15) is 4.79 Å². The van der Waals surface area contributed by atoms with Crippen LogP contribution in [0, 0.1) is 0 Å².